The molecule has 21 heavy (non-hydrogen) atoms. The van der Waals surface area contributed by atoms with E-state index in [-0.39, 0.29) is 11.6 Å². The Morgan fingerprint density at radius 1 is 1.71 bits per heavy atom. The zero-order valence-electron chi connectivity index (χ0n) is 12.4. The van der Waals surface area contributed by atoms with E-state index >= 15 is 0 Å². The van der Waals surface area contributed by atoms with Crippen LogP contribution in [0.1, 0.15) is 19.8 Å². The fraction of sp³-hybridized carbons (Fsp3) is 0.692. The summed E-state index contributed by atoms with van der Waals surface area (Å²) in [5.41, 5.74) is -0.875. The summed E-state index contributed by atoms with van der Waals surface area (Å²) in [6, 6.07) is 0. The fourth-order valence-corrected chi connectivity index (χ4v) is 3.08. The number of piperidine rings is 1. The first kappa shape index (κ1) is 15.4. The first-order chi connectivity index (χ1) is 9.92. The second kappa shape index (κ2) is 5.80. The van der Waals surface area contributed by atoms with Crippen molar-refractivity contribution in [2.75, 3.05) is 24.5 Å². The van der Waals surface area contributed by atoms with E-state index in [4.69, 9.17) is 0 Å². The molecule has 1 aromatic heterocycles. The van der Waals surface area contributed by atoms with Crippen LogP contribution in [0.2, 0.25) is 0 Å². The molecule has 0 spiro atoms. The molecule has 1 saturated heterocycles. The van der Waals surface area contributed by atoms with Gasteiger partial charge in [0.2, 0.25) is 5.82 Å². The number of aliphatic hydroxyl groups is 1. The van der Waals surface area contributed by atoms with Crippen LogP contribution in [-0.4, -0.2) is 51.8 Å². The molecule has 1 aliphatic heterocycles. The van der Waals surface area contributed by atoms with Gasteiger partial charge in [0.05, 0.1) is 17.1 Å². The molecule has 2 rings (SSSR count). The normalized spacial score (nSPS) is 25.9. The largest absolute Gasteiger partial charge is 0.388 e. The molecule has 1 aliphatic rings. The van der Waals surface area contributed by atoms with E-state index in [0.29, 0.717) is 31.9 Å². The highest BCUT2D eigenvalue weighted by Gasteiger charge is 2.42. The van der Waals surface area contributed by atoms with E-state index in [0.717, 1.165) is 6.42 Å². The van der Waals surface area contributed by atoms with Gasteiger partial charge in [0.25, 0.3) is 0 Å². The first-order valence-corrected chi connectivity index (χ1v) is 6.99. The zero-order valence-corrected chi connectivity index (χ0v) is 12.4. The minimum Gasteiger partial charge on any atom is -0.388 e. The Labute approximate surface area is 123 Å². The maximum absolute atomic E-state index is 11.1. The van der Waals surface area contributed by atoms with Crippen molar-refractivity contribution in [1.82, 2.24) is 9.78 Å². The van der Waals surface area contributed by atoms with Crippen LogP contribution in [0.3, 0.4) is 0 Å². The van der Waals surface area contributed by atoms with Gasteiger partial charge in [0, 0.05) is 26.1 Å². The van der Waals surface area contributed by atoms with Crippen LogP contribution in [0.15, 0.2) is 11.2 Å². The standard InChI is InChI=1S/C13H21N5O3/c1-4-10-8-17(6-5-13(10,19)9-14-2)12-11(18(20)21)7-15-16(12)3/h7,10,19H,2,4-6,8-9H2,1,3H3/t10-,13-/m0/s1. The van der Waals surface area contributed by atoms with Gasteiger partial charge < -0.3 is 10.0 Å². The highest BCUT2D eigenvalue weighted by molar-refractivity contribution is 5.58. The summed E-state index contributed by atoms with van der Waals surface area (Å²) < 4.78 is 1.51. The summed E-state index contributed by atoms with van der Waals surface area (Å²) in [6.07, 6.45) is 2.55. The van der Waals surface area contributed by atoms with E-state index in [1.165, 1.54) is 10.9 Å². The van der Waals surface area contributed by atoms with E-state index in [2.05, 4.69) is 16.8 Å². The number of aromatic nitrogens is 2. The molecule has 0 saturated carbocycles. The average molecular weight is 295 g/mol. The minimum absolute atomic E-state index is 0.000335. The molecule has 0 aromatic carbocycles. The molecule has 1 fully saturated rings. The average Bonchev–Trinajstić information content (AvgIpc) is 2.81. The van der Waals surface area contributed by atoms with Crippen LogP contribution < -0.4 is 4.90 Å². The molecule has 0 radical (unpaired) electrons. The lowest BCUT2D eigenvalue weighted by molar-refractivity contribution is -0.384. The number of nitro groups is 1. The van der Waals surface area contributed by atoms with Crippen LogP contribution in [-0.2, 0) is 7.05 Å². The molecular weight excluding hydrogens is 274 g/mol. The Morgan fingerprint density at radius 3 is 3.00 bits per heavy atom. The number of hydrogen-bond donors (Lipinski definition) is 1. The van der Waals surface area contributed by atoms with Gasteiger partial charge in [0.1, 0.15) is 6.20 Å². The Balaban J connectivity index is 2.27. The monoisotopic (exact) mass is 295 g/mol. The molecule has 8 heteroatoms. The molecule has 0 aliphatic carbocycles. The van der Waals surface area contributed by atoms with Gasteiger partial charge in [-0.3, -0.25) is 15.1 Å². The molecular formula is C13H21N5O3. The highest BCUT2D eigenvalue weighted by Crippen LogP contribution is 2.36. The number of aliphatic imine (C=N–C) groups is 1. The third-order valence-corrected chi connectivity index (χ3v) is 4.28. The highest BCUT2D eigenvalue weighted by atomic mass is 16.6. The summed E-state index contributed by atoms with van der Waals surface area (Å²) in [7, 11) is 1.69. The maximum atomic E-state index is 11.1. The molecule has 2 heterocycles. The Kier molecular flexibility index (Phi) is 4.26. The van der Waals surface area contributed by atoms with Crippen molar-refractivity contribution < 1.29 is 10.0 Å². The van der Waals surface area contributed by atoms with E-state index in [1.54, 1.807) is 7.05 Å². The van der Waals surface area contributed by atoms with Crippen LogP contribution in [0.4, 0.5) is 11.5 Å². The predicted molar refractivity (Wildman–Crippen MR) is 79.8 cm³/mol. The van der Waals surface area contributed by atoms with Crippen molar-refractivity contribution in [2.24, 2.45) is 18.0 Å². The summed E-state index contributed by atoms with van der Waals surface area (Å²) in [5, 5.41) is 25.8. The van der Waals surface area contributed by atoms with Gasteiger partial charge in [-0.1, -0.05) is 6.92 Å². The second-order valence-electron chi connectivity index (χ2n) is 5.52. The summed E-state index contributed by atoms with van der Waals surface area (Å²) >= 11 is 0. The smallest absolute Gasteiger partial charge is 0.331 e. The number of anilines is 1. The van der Waals surface area contributed by atoms with Crippen molar-refractivity contribution in [3.05, 3.63) is 16.3 Å². The lowest BCUT2D eigenvalue weighted by Gasteiger charge is -2.44. The van der Waals surface area contributed by atoms with Gasteiger partial charge in [-0.05, 0) is 19.6 Å². The first-order valence-electron chi connectivity index (χ1n) is 6.99. The number of nitrogens with zero attached hydrogens (tertiary/aromatic N) is 5. The molecule has 116 valence electrons. The zero-order chi connectivity index (χ0) is 15.6. The van der Waals surface area contributed by atoms with Gasteiger partial charge >= 0.3 is 5.69 Å². The molecule has 1 aromatic rings. The summed E-state index contributed by atoms with van der Waals surface area (Å²) in [6.45, 7) is 6.84. The van der Waals surface area contributed by atoms with Crippen molar-refractivity contribution >= 4 is 18.2 Å². The summed E-state index contributed by atoms with van der Waals surface area (Å²) in [4.78, 5) is 16.5. The number of rotatable bonds is 5. The number of hydrogen-bond acceptors (Lipinski definition) is 6. The molecule has 0 bridgehead atoms. The number of aryl methyl sites for hydroxylation is 1. The molecule has 0 unspecified atom stereocenters. The Hall–Kier alpha value is -1.96. The van der Waals surface area contributed by atoms with E-state index in [9.17, 15) is 15.2 Å². The van der Waals surface area contributed by atoms with Gasteiger partial charge in [-0.25, -0.2) is 4.68 Å². The topological polar surface area (TPSA) is 96.8 Å². The van der Waals surface area contributed by atoms with Crippen LogP contribution in [0.5, 0.6) is 0 Å². The molecule has 1 N–H and O–H groups in total. The Bertz CT molecular complexity index is 544. The van der Waals surface area contributed by atoms with Gasteiger partial charge in [-0.15, -0.1) is 0 Å². The molecule has 0 amide bonds. The second-order valence-corrected chi connectivity index (χ2v) is 5.52. The third-order valence-electron chi connectivity index (χ3n) is 4.28. The lowest BCUT2D eigenvalue weighted by atomic mass is 9.79. The van der Waals surface area contributed by atoms with Crippen molar-refractivity contribution in [3.63, 3.8) is 0 Å². The van der Waals surface area contributed by atoms with Gasteiger partial charge in [-0.2, -0.15) is 5.10 Å². The van der Waals surface area contributed by atoms with Crippen molar-refractivity contribution in [1.29, 1.82) is 0 Å². The van der Waals surface area contributed by atoms with E-state index < -0.39 is 10.5 Å². The van der Waals surface area contributed by atoms with E-state index in [1.807, 2.05) is 11.8 Å². The SMILES string of the molecule is C=NC[C@@]1(O)CCN(c2c([N+](=O)[O-])cnn2C)C[C@@H]1CC. The van der Waals surface area contributed by atoms with Crippen LogP contribution in [0.25, 0.3) is 0 Å². The van der Waals surface area contributed by atoms with Crippen molar-refractivity contribution in [3.8, 4) is 0 Å². The van der Waals surface area contributed by atoms with Crippen molar-refractivity contribution in [2.45, 2.75) is 25.4 Å². The molecule has 8 nitrogen and oxygen atoms in total. The van der Waals surface area contributed by atoms with Crippen LogP contribution >= 0.6 is 0 Å². The minimum atomic E-state index is -0.875. The van der Waals surface area contributed by atoms with Crippen LogP contribution in [0, 0.1) is 16.0 Å². The maximum Gasteiger partial charge on any atom is 0.331 e. The summed E-state index contributed by atoms with van der Waals surface area (Å²) in [5.74, 6) is 0.485. The quantitative estimate of drug-likeness (QED) is 0.496. The predicted octanol–water partition coefficient (Wildman–Crippen LogP) is 0.996. The third kappa shape index (κ3) is 2.76. The molecule has 2 atom stereocenters. The Morgan fingerprint density at radius 2 is 2.43 bits per heavy atom. The lowest BCUT2D eigenvalue weighted by Crippen LogP contribution is -2.54. The van der Waals surface area contributed by atoms with Gasteiger partial charge in [0.15, 0.2) is 0 Å². The fourth-order valence-electron chi connectivity index (χ4n) is 3.08.